The molecule has 1 atom stereocenters. The molecule has 0 N–H and O–H groups in total. The monoisotopic (exact) mass is 396 g/mol. The highest BCUT2D eigenvalue weighted by atomic mass is 79.9. The second-order valence-corrected chi connectivity index (χ2v) is 6.66. The van der Waals surface area contributed by atoms with Crippen molar-refractivity contribution >= 4 is 31.9 Å². The van der Waals surface area contributed by atoms with Gasteiger partial charge in [-0.3, -0.25) is 0 Å². The van der Waals surface area contributed by atoms with Crippen molar-refractivity contribution in [1.82, 2.24) is 0 Å². The van der Waals surface area contributed by atoms with Crippen LogP contribution < -0.4 is 9.47 Å². The minimum absolute atomic E-state index is 0.134. The number of aryl methyl sites for hydroxylation is 1. The Kier molecular flexibility index (Phi) is 4.03. The second kappa shape index (κ2) is 5.78. The Morgan fingerprint density at radius 3 is 2.45 bits per heavy atom. The summed E-state index contributed by atoms with van der Waals surface area (Å²) >= 11 is 7.32. The smallest absolute Gasteiger partial charge is 0.161 e. The molecule has 0 radical (unpaired) electrons. The zero-order valence-electron chi connectivity index (χ0n) is 11.0. The van der Waals surface area contributed by atoms with Gasteiger partial charge in [-0.25, -0.2) is 0 Å². The maximum absolute atomic E-state index is 5.64. The van der Waals surface area contributed by atoms with Gasteiger partial charge in [0.15, 0.2) is 11.5 Å². The summed E-state index contributed by atoms with van der Waals surface area (Å²) in [4.78, 5) is 0.134. The summed E-state index contributed by atoms with van der Waals surface area (Å²) in [6.45, 7) is 3.33. The fourth-order valence-corrected chi connectivity index (χ4v) is 3.50. The highest BCUT2D eigenvalue weighted by Crippen LogP contribution is 2.38. The first-order valence-corrected chi connectivity index (χ1v) is 8.15. The molecule has 4 heteroatoms. The molecule has 2 aromatic carbocycles. The first-order chi connectivity index (χ1) is 9.63. The van der Waals surface area contributed by atoms with E-state index in [0.717, 1.165) is 21.5 Å². The lowest BCUT2D eigenvalue weighted by Crippen LogP contribution is -2.15. The lowest BCUT2D eigenvalue weighted by molar-refractivity contribution is 0.171. The van der Waals surface area contributed by atoms with Crippen LogP contribution in [0, 0.1) is 6.92 Å². The number of hydrogen-bond acceptors (Lipinski definition) is 2. The van der Waals surface area contributed by atoms with Crippen molar-refractivity contribution in [2.75, 3.05) is 13.2 Å². The third-order valence-corrected chi connectivity index (χ3v) is 4.73. The molecule has 1 aliphatic heterocycles. The van der Waals surface area contributed by atoms with E-state index in [1.807, 2.05) is 12.1 Å². The van der Waals surface area contributed by atoms with Crippen molar-refractivity contribution in [3.05, 3.63) is 57.6 Å². The van der Waals surface area contributed by atoms with E-state index < -0.39 is 0 Å². The van der Waals surface area contributed by atoms with Crippen LogP contribution in [0.5, 0.6) is 11.5 Å². The van der Waals surface area contributed by atoms with E-state index in [0.29, 0.717) is 13.2 Å². The lowest BCUT2D eigenvalue weighted by Gasteiger charge is -2.20. The van der Waals surface area contributed by atoms with Gasteiger partial charge in [0.25, 0.3) is 0 Å². The highest BCUT2D eigenvalue weighted by Gasteiger charge is 2.17. The van der Waals surface area contributed by atoms with Crippen LogP contribution in [-0.4, -0.2) is 13.2 Å². The predicted octanol–water partition coefficient (Wildman–Crippen LogP) is 5.01. The molecular weight excluding hydrogens is 384 g/mol. The van der Waals surface area contributed by atoms with Crippen molar-refractivity contribution in [2.24, 2.45) is 0 Å². The van der Waals surface area contributed by atoms with Crippen LogP contribution in [0.2, 0.25) is 0 Å². The number of fused-ring (bicyclic) bond motifs is 1. The van der Waals surface area contributed by atoms with Crippen LogP contribution in [0.4, 0.5) is 0 Å². The predicted molar refractivity (Wildman–Crippen MR) is 87.1 cm³/mol. The number of halogens is 2. The lowest BCUT2D eigenvalue weighted by atomic mass is 10.0. The molecule has 0 saturated carbocycles. The Bertz CT molecular complexity index is 620. The van der Waals surface area contributed by atoms with Gasteiger partial charge in [0.05, 0.1) is 4.83 Å². The molecule has 0 spiro atoms. The number of benzene rings is 2. The maximum atomic E-state index is 5.64. The molecule has 0 fully saturated rings. The van der Waals surface area contributed by atoms with Crippen LogP contribution >= 0.6 is 31.9 Å². The third kappa shape index (κ3) is 2.86. The largest absolute Gasteiger partial charge is 0.486 e. The van der Waals surface area contributed by atoms with Crippen LogP contribution in [0.25, 0.3) is 0 Å². The second-order valence-electron chi connectivity index (χ2n) is 4.83. The van der Waals surface area contributed by atoms with Crippen LogP contribution in [0.15, 0.2) is 40.9 Å². The summed E-state index contributed by atoms with van der Waals surface area (Å²) in [5.74, 6) is 1.65. The number of ether oxygens (including phenoxy) is 2. The third-order valence-electron chi connectivity index (χ3n) is 3.22. The molecule has 0 aliphatic carbocycles. The van der Waals surface area contributed by atoms with Gasteiger partial charge in [0, 0.05) is 4.47 Å². The van der Waals surface area contributed by atoms with Gasteiger partial charge < -0.3 is 9.47 Å². The summed E-state index contributed by atoms with van der Waals surface area (Å²) < 4.78 is 12.3. The molecule has 1 aliphatic rings. The Balaban J connectivity index is 1.95. The van der Waals surface area contributed by atoms with Gasteiger partial charge in [-0.05, 0) is 47.9 Å². The highest BCUT2D eigenvalue weighted by molar-refractivity contribution is 9.10. The van der Waals surface area contributed by atoms with Gasteiger partial charge in [-0.15, -0.1) is 0 Å². The van der Waals surface area contributed by atoms with E-state index in [4.69, 9.17) is 9.47 Å². The fourth-order valence-electron chi connectivity index (χ4n) is 2.32. The number of alkyl halides is 1. The van der Waals surface area contributed by atoms with Gasteiger partial charge >= 0.3 is 0 Å². The fraction of sp³-hybridized carbons (Fsp3) is 0.250. The molecule has 2 aromatic rings. The van der Waals surface area contributed by atoms with Crippen molar-refractivity contribution in [3.63, 3.8) is 0 Å². The molecule has 2 nitrogen and oxygen atoms in total. The minimum atomic E-state index is 0.134. The van der Waals surface area contributed by atoms with E-state index >= 15 is 0 Å². The Labute approximate surface area is 135 Å². The Hall–Kier alpha value is -1.00. The Morgan fingerprint density at radius 1 is 0.950 bits per heavy atom. The summed E-state index contributed by atoms with van der Waals surface area (Å²) in [7, 11) is 0. The van der Waals surface area contributed by atoms with Crippen molar-refractivity contribution in [2.45, 2.75) is 11.8 Å². The molecule has 0 aromatic heterocycles. The summed E-state index contributed by atoms with van der Waals surface area (Å²) in [6.07, 6.45) is 0. The molecule has 0 amide bonds. The van der Waals surface area contributed by atoms with E-state index in [9.17, 15) is 0 Å². The topological polar surface area (TPSA) is 18.5 Å². The quantitative estimate of drug-likeness (QED) is 0.663. The molecule has 3 rings (SSSR count). The molecule has 1 heterocycles. The first-order valence-electron chi connectivity index (χ1n) is 6.44. The van der Waals surface area contributed by atoms with Crippen LogP contribution in [0.3, 0.4) is 0 Å². The molecule has 1 unspecified atom stereocenters. The van der Waals surface area contributed by atoms with E-state index in [1.54, 1.807) is 0 Å². The van der Waals surface area contributed by atoms with Gasteiger partial charge in [-0.1, -0.05) is 44.0 Å². The van der Waals surface area contributed by atoms with E-state index in [-0.39, 0.29) is 4.83 Å². The zero-order chi connectivity index (χ0) is 14.1. The van der Waals surface area contributed by atoms with Gasteiger partial charge in [0.1, 0.15) is 13.2 Å². The van der Waals surface area contributed by atoms with Crippen molar-refractivity contribution < 1.29 is 9.47 Å². The average Bonchev–Trinajstić information content (AvgIpc) is 2.45. The number of hydrogen-bond donors (Lipinski definition) is 0. The molecule has 0 saturated heterocycles. The van der Waals surface area contributed by atoms with Crippen molar-refractivity contribution in [1.29, 1.82) is 0 Å². The number of rotatable bonds is 2. The average molecular weight is 398 g/mol. The molecular formula is C16H14Br2O2. The van der Waals surface area contributed by atoms with Crippen LogP contribution in [-0.2, 0) is 0 Å². The zero-order valence-corrected chi connectivity index (χ0v) is 14.2. The van der Waals surface area contributed by atoms with Gasteiger partial charge in [-0.2, -0.15) is 0 Å². The summed E-state index contributed by atoms with van der Waals surface area (Å²) in [5.41, 5.74) is 3.61. The molecule has 20 heavy (non-hydrogen) atoms. The standard InChI is InChI=1S/C16H14Br2O2/c1-10-6-12(8-13(17)7-10)16(18)11-2-3-14-15(9-11)20-5-4-19-14/h2-3,6-9,16H,4-5H2,1H3. The normalized spacial score (nSPS) is 14.9. The first kappa shape index (κ1) is 14.0. The van der Waals surface area contributed by atoms with E-state index in [1.165, 1.54) is 11.1 Å². The molecule has 104 valence electrons. The van der Waals surface area contributed by atoms with E-state index in [2.05, 4.69) is 63.0 Å². The summed E-state index contributed by atoms with van der Waals surface area (Å²) in [6, 6.07) is 12.5. The summed E-state index contributed by atoms with van der Waals surface area (Å²) in [5, 5.41) is 0. The van der Waals surface area contributed by atoms with Crippen LogP contribution in [0.1, 0.15) is 21.5 Å². The Morgan fingerprint density at radius 2 is 1.70 bits per heavy atom. The molecule has 0 bridgehead atoms. The maximum Gasteiger partial charge on any atom is 0.161 e. The van der Waals surface area contributed by atoms with Gasteiger partial charge in [0.2, 0.25) is 0 Å². The minimum Gasteiger partial charge on any atom is -0.486 e. The van der Waals surface area contributed by atoms with Crippen molar-refractivity contribution in [3.8, 4) is 11.5 Å². The SMILES string of the molecule is Cc1cc(Br)cc(C(Br)c2ccc3c(c2)OCCO3)c1.